The van der Waals surface area contributed by atoms with Crippen LogP contribution in [0.3, 0.4) is 0 Å². The summed E-state index contributed by atoms with van der Waals surface area (Å²) < 4.78 is 2.20. The van der Waals surface area contributed by atoms with Crippen molar-refractivity contribution in [3.63, 3.8) is 0 Å². The molecule has 0 spiro atoms. The number of nitrogens with one attached hydrogen (secondary N) is 1. The lowest BCUT2D eigenvalue weighted by Crippen LogP contribution is -2.25. The highest BCUT2D eigenvalue weighted by atomic mass is 16.1. The number of para-hydroxylation sites is 2. The zero-order valence-corrected chi connectivity index (χ0v) is 12.6. The molecule has 0 saturated heterocycles. The van der Waals surface area contributed by atoms with Crippen LogP contribution in [0.2, 0.25) is 0 Å². The van der Waals surface area contributed by atoms with E-state index >= 15 is 0 Å². The molecule has 0 aliphatic heterocycles. The van der Waals surface area contributed by atoms with Crippen molar-refractivity contribution in [3.8, 4) is 0 Å². The molecule has 3 rings (SSSR count). The summed E-state index contributed by atoms with van der Waals surface area (Å²) in [5, 5.41) is 2.96. The molecule has 0 saturated carbocycles. The van der Waals surface area contributed by atoms with Crippen LogP contribution in [-0.4, -0.2) is 22.0 Å². The van der Waals surface area contributed by atoms with Gasteiger partial charge in [-0.2, -0.15) is 0 Å². The van der Waals surface area contributed by atoms with Crippen molar-refractivity contribution in [1.29, 1.82) is 0 Å². The summed E-state index contributed by atoms with van der Waals surface area (Å²) >= 11 is 0. The van der Waals surface area contributed by atoms with Crippen molar-refractivity contribution in [3.05, 3.63) is 66.0 Å². The third-order valence-corrected chi connectivity index (χ3v) is 3.73. The first kappa shape index (κ1) is 14.3. The third kappa shape index (κ3) is 3.01. The normalized spacial score (nSPS) is 10.8. The van der Waals surface area contributed by atoms with E-state index in [9.17, 15) is 4.79 Å². The van der Waals surface area contributed by atoms with Crippen molar-refractivity contribution < 1.29 is 4.79 Å². The number of hydrogen-bond donors (Lipinski definition) is 1. The number of rotatable bonds is 5. The molecule has 0 aliphatic rings. The minimum absolute atomic E-state index is 0.0205. The Bertz CT molecular complexity index is 777. The largest absolute Gasteiger partial charge is 0.352 e. The van der Waals surface area contributed by atoms with Crippen LogP contribution in [0, 0.1) is 6.92 Å². The summed E-state index contributed by atoms with van der Waals surface area (Å²) in [6, 6.07) is 17.4. The Morgan fingerprint density at radius 1 is 1.09 bits per heavy atom. The Kier molecular flexibility index (Phi) is 4.19. The van der Waals surface area contributed by atoms with Gasteiger partial charge in [0.05, 0.1) is 11.0 Å². The summed E-state index contributed by atoms with van der Waals surface area (Å²) in [6.45, 7) is 3.52. The molecule has 1 N–H and O–H groups in total. The van der Waals surface area contributed by atoms with E-state index in [2.05, 4.69) is 20.9 Å². The maximum Gasteiger partial charge on any atom is 0.251 e. The number of amides is 1. The molecule has 22 heavy (non-hydrogen) atoms. The van der Waals surface area contributed by atoms with Gasteiger partial charge in [0.2, 0.25) is 0 Å². The van der Waals surface area contributed by atoms with Crippen LogP contribution in [0.15, 0.2) is 54.6 Å². The second-order valence-electron chi connectivity index (χ2n) is 5.27. The number of nitrogens with zero attached hydrogens (tertiary/aromatic N) is 2. The van der Waals surface area contributed by atoms with Gasteiger partial charge in [-0.15, -0.1) is 0 Å². The highest BCUT2D eigenvalue weighted by Gasteiger charge is 2.07. The van der Waals surface area contributed by atoms with E-state index in [1.807, 2.05) is 55.5 Å². The van der Waals surface area contributed by atoms with E-state index in [0.717, 1.165) is 29.8 Å². The molecule has 0 bridgehead atoms. The van der Waals surface area contributed by atoms with Gasteiger partial charge in [0.1, 0.15) is 5.82 Å². The lowest BCUT2D eigenvalue weighted by Gasteiger charge is -2.08. The van der Waals surface area contributed by atoms with Crippen LogP contribution in [0.4, 0.5) is 0 Å². The number of fused-ring (bicyclic) bond motifs is 1. The molecule has 0 atom stereocenters. The van der Waals surface area contributed by atoms with Gasteiger partial charge in [0.15, 0.2) is 0 Å². The summed E-state index contributed by atoms with van der Waals surface area (Å²) in [6.07, 6.45) is 0.875. The number of carbonyl (C=O) groups excluding carboxylic acids is 1. The molecule has 1 amide bonds. The summed E-state index contributed by atoms with van der Waals surface area (Å²) in [5.41, 5.74) is 2.87. The monoisotopic (exact) mass is 293 g/mol. The van der Waals surface area contributed by atoms with Gasteiger partial charge >= 0.3 is 0 Å². The first-order valence-corrected chi connectivity index (χ1v) is 7.51. The lowest BCUT2D eigenvalue weighted by atomic mass is 10.2. The van der Waals surface area contributed by atoms with E-state index < -0.39 is 0 Å². The third-order valence-electron chi connectivity index (χ3n) is 3.73. The predicted molar refractivity (Wildman–Crippen MR) is 87.9 cm³/mol. The molecule has 112 valence electrons. The van der Waals surface area contributed by atoms with E-state index in [1.165, 1.54) is 0 Å². The average Bonchev–Trinajstić information content (AvgIpc) is 2.88. The van der Waals surface area contributed by atoms with Crippen molar-refractivity contribution >= 4 is 16.9 Å². The first-order chi connectivity index (χ1) is 10.8. The first-order valence-electron chi connectivity index (χ1n) is 7.51. The van der Waals surface area contributed by atoms with Gasteiger partial charge < -0.3 is 9.88 Å². The van der Waals surface area contributed by atoms with E-state index in [-0.39, 0.29) is 5.91 Å². The molecule has 0 fully saturated rings. The van der Waals surface area contributed by atoms with Gasteiger partial charge in [-0.3, -0.25) is 4.79 Å². The Balaban J connectivity index is 1.57. The topological polar surface area (TPSA) is 46.9 Å². The molecular weight excluding hydrogens is 274 g/mol. The molecule has 0 aliphatic carbocycles. The molecule has 1 aromatic heterocycles. The summed E-state index contributed by atoms with van der Waals surface area (Å²) in [4.78, 5) is 16.5. The van der Waals surface area contributed by atoms with Crippen molar-refractivity contribution in [1.82, 2.24) is 14.9 Å². The highest BCUT2D eigenvalue weighted by Crippen LogP contribution is 2.15. The van der Waals surface area contributed by atoms with E-state index in [1.54, 1.807) is 0 Å². The Hall–Kier alpha value is -2.62. The van der Waals surface area contributed by atoms with Crippen molar-refractivity contribution in [2.24, 2.45) is 0 Å². The fraction of sp³-hybridized carbons (Fsp3) is 0.222. The van der Waals surface area contributed by atoms with Crippen LogP contribution in [-0.2, 0) is 6.54 Å². The number of aromatic nitrogens is 2. The standard InChI is InChI=1S/C18H19N3O/c1-14-20-16-10-5-6-11-17(16)21(14)13-7-12-19-18(22)15-8-3-2-4-9-15/h2-6,8-11H,7,12-13H2,1H3,(H,19,22). The van der Waals surface area contributed by atoms with Crippen LogP contribution >= 0.6 is 0 Å². The van der Waals surface area contributed by atoms with E-state index in [0.29, 0.717) is 12.1 Å². The van der Waals surface area contributed by atoms with Crippen molar-refractivity contribution in [2.45, 2.75) is 19.9 Å². The minimum Gasteiger partial charge on any atom is -0.352 e. The highest BCUT2D eigenvalue weighted by molar-refractivity contribution is 5.94. The lowest BCUT2D eigenvalue weighted by molar-refractivity contribution is 0.0953. The SMILES string of the molecule is Cc1nc2ccccc2n1CCCNC(=O)c1ccccc1. The summed E-state index contributed by atoms with van der Waals surface area (Å²) in [5.74, 6) is 0.989. The number of imidazole rings is 1. The van der Waals surface area contributed by atoms with Crippen LogP contribution in [0.5, 0.6) is 0 Å². The van der Waals surface area contributed by atoms with Gasteiger partial charge in [0, 0.05) is 18.7 Å². The maximum absolute atomic E-state index is 12.0. The number of carbonyl (C=O) groups is 1. The number of benzene rings is 2. The number of aryl methyl sites for hydroxylation is 2. The smallest absolute Gasteiger partial charge is 0.251 e. The van der Waals surface area contributed by atoms with Gasteiger partial charge in [0.25, 0.3) is 5.91 Å². The molecule has 0 radical (unpaired) electrons. The second kappa shape index (κ2) is 6.43. The van der Waals surface area contributed by atoms with Crippen LogP contribution in [0.25, 0.3) is 11.0 Å². The zero-order valence-electron chi connectivity index (χ0n) is 12.6. The molecule has 2 aromatic carbocycles. The molecule has 4 heteroatoms. The fourth-order valence-corrected chi connectivity index (χ4v) is 2.61. The molecular formula is C18H19N3O. The maximum atomic E-state index is 12.0. The average molecular weight is 293 g/mol. The number of hydrogen-bond acceptors (Lipinski definition) is 2. The summed E-state index contributed by atoms with van der Waals surface area (Å²) in [7, 11) is 0. The molecule has 1 heterocycles. The second-order valence-corrected chi connectivity index (χ2v) is 5.27. The van der Waals surface area contributed by atoms with Gasteiger partial charge in [-0.1, -0.05) is 30.3 Å². The molecule has 0 unspecified atom stereocenters. The Morgan fingerprint density at radius 3 is 2.64 bits per heavy atom. The van der Waals surface area contributed by atoms with Gasteiger partial charge in [-0.25, -0.2) is 4.98 Å². The molecule has 3 aromatic rings. The van der Waals surface area contributed by atoms with Crippen LogP contribution in [0.1, 0.15) is 22.6 Å². The quantitative estimate of drug-likeness (QED) is 0.734. The van der Waals surface area contributed by atoms with E-state index in [4.69, 9.17) is 0 Å². The zero-order chi connectivity index (χ0) is 15.4. The molecule has 4 nitrogen and oxygen atoms in total. The predicted octanol–water partition coefficient (Wildman–Crippen LogP) is 3.16. The Labute approximate surface area is 129 Å². The minimum atomic E-state index is -0.0205. The van der Waals surface area contributed by atoms with Crippen molar-refractivity contribution in [2.75, 3.05) is 6.54 Å². The Morgan fingerprint density at radius 2 is 1.82 bits per heavy atom. The van der Waals surface area contributed by atoms with Gasteiger partial charge in [-0.05, 0) is 37.6 Å². The fourth-order valence-electron chi connectivity index (χ4n) is 2.61. The van der Waals surface area contributed by atoms with Crippen LogP contribution < -0.4 is 5.32 Å².